The average Bonchev–Trinajstić information content (AvgIpc) is 2.61. The van der Waals surface area contributed by atoms with E-state index in [2.05, 4.69) is 4.98 Å². The van der Waals surface area contributed by atoms with Crippen molar-refractivity contribution >= 4 is 17.5 Å². The van der Waals surface area contributed by atoms with E-state index in [1.807, 2.05) is 39.8 Å². The molecule has 0 aliphatic carbocycles. The number of carbonyl (C=O) groups is 1. The van der Waals surface area contributed by atoms with Gasteiger partial charge in [0.1, 0.15) is 5.75 Å². The number of hydrogen-bond donors (Lipinski definition) is 2. The van der Waals surface area contributed by atoms with Gasteiger partial charge in [0.15, 0.2) is 0 Å². The van der Waals surface area contributed by atoms with Crippen molar-refractivity contribution in [2.75, 3.05) is 6.54 Å². The maximum Gasteiger partial charge on any atom is 0.256 e. The first-order valence-electron chi connectivity index (χ1n) is 9.42. The molecular formula is C21H26ClN3O3. The quantitative estimate of drug-likeness (QED) is 0.802. The van der Waals surface area contributed by atoms with Crippen molar-refractivity contribution in [2.24, 2.45) is 5.73 Å². The van der Waals surface area contributed by atoms with E-state index in [4.69, 9.17) is 22.1 Å². The fraction of sp³-hybridized carbons (Fsp3) is 0.429. The maximum absolute atomic E-state index is 13.3. The molecule has 0 saturated carbocycles. The van der Waals surface area contributed by atoms with Crippen LogP contribution in [0, 0.1) is 13.8 Å². The summed E-state index contributed by atoms with van der Waals surface area (Å²) in [5.74, 6) is 0.268. The number of ether oxygens (including phenoxy) is 1. The van der Waals surface area contributed by atoms with Crippen LogP contribution in [0.1, 0.15) is 52.2 Å². The normalized spacial score (nSPS) is 13.8. The van der Waals surface area contributed by atoms with Crippen LogP contribution in [0.15, 0.2) is 16.9 Å². The van der Waals surface area contributed by atoms with Gasteiger partial charge < -0.3 is 20.4 Å². The van der Waals surface area contributed by atoms with E-state index in [1.54, 1.807) is 4.90 Å². The number of halogens is 1. The van der Waals surface area contributed by atoms with Gasteiger partial charge in [-0.1, -0.05) is 11.6 Å². The highest BCUT2D eigenvalue weighted by Gasteiger charge is 2.31. The Balaban J connectivity index is 2.01. The van der Waals surface area contributed by atoms with Crippen LogP contribution in [0.4, 0.5) is 0 Å². The van der Waals surface area contributed by atoms with Crippen LogP contribution in [0.25, 0.3) is 0 Å². The number of amides is 1. The second-order valence-electron chi connectivity index (χ2n) is 7.49. The highest BCUT2D eigenvalue weighted by atomic mass is 35.5. The third kappa shape index (κ3) is 3.80. The molecule has 150 valence electrons. The molecule has 0 unspecified atom stereocenters. The van der Waals surface area contributed by atoms with Crippen molar-refractivity contribution in [1.29, 1.82) is 0 Å². The van der Waals surface area contributed by atoms with Crippen molar-refractivity contribution in [2.45, 2.75) is 53.3 Å². The number of nitrogens with one attached hydrogen (secondary N) is 1. The van der Waals surface area contributed by atoms with Gasteiger partial charge in [0.05, 0.1) is 23.2 Å². The number of aromatic amines is 1. The lowest BCUT2D eigenvalue weighted by Crippen LogP contribution is -2.39. The minimum absolute atomic E-state index is 0.0789. The predicted molar refractivity (Wildman–Crippen MR) is 110 cm³/mol. The molecule has 0 spiro atoms. The Morgan fingerprint density at radius 2 is 2.00 bits per heavy atom. The van der Waals surface area contributed by atoms with Crippen molar-refractivity contribution in [3.05, 3.63) is 61.0 Å². The number of hydrogen-bond acceptors (Lipinski definition) is 4. The molecule has 0 atom stereocenters. The van der Waals surface area contributed by atoms with E-state index in [0.717, 1.165) is 22.4 Å². The van der Waals surface area contributed by atoms with E-state index in [-0.39, 0.29) is 24.1 Å². The number of fused-ring (bicyclic) bond motifs is 1. The van der Waals surface area contributed by atoms with Gasteiger partial charge in [-0.05, 0) is 62.9 Å². The zero-order chi connectivity index (χ0) is 20.6. The average molecular weight is 404 g/mol. The fourth-order valence-electron chi connectivity index (χ4n) is 3.68. The van der Waals surface area contributed by atoms with Crippen LogP contribution in [0.3, 0.4) is 0 Å². The first-order chi connectivity index (χ1) is 13.2. The molecule has 0 saturated heterocycles. The SMILES string of the molecule is Cc1cc(C)c(CN2CCc3c(CN)cc(OC(C)C)c(Cl)c3C2=O)c(=O)[nH]1. The zero-order valence-electron chi connectivity index (χ0n) is 16.7. The summed E-state index contributed by atoms with van der Waals surface area (Å²) >= 11 is 6.57. The summed E-state index contributed by atoms with van der Waals surface area (Å²) in [5.41, 5.74) is 10.2. The molecule has 2 aromatic rings. The molecule has 6 nitrogen and oxygen atoms in total. The molecule has 0 fully saturated rings. The second-order valence-corrected chi connectivity index (χ2v) is 7.87. The molecule has 1 aliphatic rings. The predicted octanol–water partition coefficient (Wildman–Crippen LogP) is 3.09. The van der Waals surface area contributed by atoms with Crippen molar-refractivity contribution in [1.82, 2.24) is 9.88 Å². The monoisotopic (exact) mass is 403 g/mol. The lowest BCUT2D eigenvalue weighted by Gasteiger charge is -2.31. The Kier molecular flexibility index (Phi) is 5.82. The fourth-order valence-corrected chi connectivity index (χ4v) is 3.98. The summed E-state index contributed by atoms with van der Waals surface area (Å²) < 4.78 is 5.79. The summed E-state index contributed by atoms with van der Waals surface area (Å²) in [6.45, 7) is 8.57. The first-order valence-corrected chi connectivity index (χ1v) is 9.80. The number of aryl methyl sites for hydroxylation is 2. The molecule has 1 aromatic carbocycles. The molecule has 2 heterocycles. The number of pyridine rings is 1. The molecule has 7 heteroatoms. The molecule has 1 aromatic heterocycles. The maximum atomic E-state index is 13.3. The molecule has 3 rings (SSSR count). The zero-order valence-corrected chi connectivity index (χ0v) is 17.4. The van der Waals surface area contributed by atoms with Crippen molar-refractivity contribution < 1.29 is 9.53 Å². The number of nitrogens with zero attached hydrogens (tertiary/aromatic N) is 1. The number of carbonyl (C=O) groups excluding carboxylic acids is 1. The number of nitrogens with two attached hydrogens (primary N) is 1. The Labute approximate surface area is 169 Å². The van der Waals surface area contributed by atoms with E-state index >= 15 is 0 Å². The topological polar surface area (TPSA) is 88.4 Å². The van der Waals surface area contributed by atoms with Gasteiger partial charge in [0.2, 0.25) is 0 Å². The summed E-state index contributed by atoms with van der Waals surface area (Å²) in [6.07, 6.45) is 0.558. The summed E-state index contributed by atoms with van der Waals surface area (Å²) in [4.78, 5) is 30.1. The third-order valence-corrected chi connectivity index (χ3v) is 5.36. The molecule has 28 heavy (non-hydrogen) atoms. The van der Waals surface area contributed by atoms with Crippen LogP contribution >= 0.6 is 11.6 Å². The van der Waals surface area contributed by atoms with Gasteiger partial charge in [0.25, 0.3) is 11.5 Å². The molecule has 0 radical (unpaired) electrons. The number of rotatable bonds is 5. The largest absolute Gasteiger partial charge is 0.489 e. The smallest absolute Gasteiger partial charge is 0.256 e. The lowest BCUT2D eigenvalue weighted by atomic mass is 9.92. The van der Waals surface area contributed by atoms with Gasteiger partial charge in [0, 0.05) is 24.3 Å². The Hall–Kier alpha value is -2.31. The van der Waals surface area contributed by atoms with Crippen LogP contribution in [0.2, 0.25) is 5.02 Å². The third-order valence-electron chi connectivity index (χ3n) is 4.99. The lowest BCUT2D eigenvalue weighted by molar-refractivity contribution is 0.0725. The van der Waals surface area contributed by atoms with Crippen LogP contribution in [0.5, 0.6) is 5.75 Å². The van der Waals surface area contributed by atoms with Gasteiger partial charge in [-0.15, -0.1) is 0 Å². The van der Waals surface area contributed by atoms with Crippen molar-refractivity contribution in [3.8, 4) is 5.75 Å². The summed E-state index contributed by atoms with van der Waals surface area (Å²) in [5, 5.41) is 0.310. The highest BCUT2D eigenvalue weighted by Crippen LogP contribution is 2.37. The first kappa shape index (κ1) is 20.4. The van der Waals surface area contributed by atoms with Gasteiger partial charge in [-0.3, -0.25) is 9.59 Å². The van der Waals surface area contributed by atoms with Crippen LogP contribution in [-0.2, 0) is 19.5 Å². The van der Waals surface area contributed by atoms with E-state index < -0.39 is 0 Å². The van der Waals surface area contributed by atoms with Crippen LogP contribution in [-0.4, -0.2) is 28.4 Å². The van der Waals surface area contributed by atoms with E-state index in [1.165, 1.54) is 0 Å². The van der Waals surface area contributed by atoms with Gasteiger partial charge in [-0.2, -0.15) is 0 Å². The van der Waals surface area contributed by atoms with Gasteiger partial charge >= 0.3 is 0 Å². The van der Waals surface area contributed by atoms with Crippen molar-refractivity contribution in [3.63, 3.8) is 0 Å². The van der Waals surface area contributed by atoms with E-state index in [9.17, 15) is 9.59 Å². The summed E-state index contributed by atoms with van der Waals surface area (Å²) in [6, 6.07) is 3.74. The standard InChI is InChI=1S/C21H26ClN3O3/c1-11(2)28-17-8-14(9-23)15-5-6-25(21(27)18(15)19(17)22)10-16-12(3)7-13(4)24-20(16)26/h7-8,11H,5-6,9-10,23H2,1-4H3,(H,24,26). The second kappa shape index (κ2) is 7.97. The number of H-pyrrole nitrogens is 1. The molecular weight excluding hydrogens is 378 g/mol. The Morgan fingerprint density at radius 3 is 2.61 bits per heavy atom. The van der Waals surface area contributed by atoms with Crippen LogP contribution < -0.4 is 16.0 Å². The van der Waals surface area contributed by atoms with E-state index in [0.29, 0.717) is 41.4 Å². The molecule has 1 aliphatic heterocycles. The molecule has 3 N–H and O–H groups in total. The summed E-state index contributed by atoms with van der Waals surface area (Å²) in [7, 11) is 0. The number of benzene rings is 1. The van der Waals surface area contributed by atoms with Gasteiger partial charge in [-0.25, -0.2) is 0 Å². The highest BCUT2D eigenvalue weighted by molar-refractivity contribution is 6.35. The minimum Gasteiger partial charge on any atom is -0.489 e. The number of aromatic nitrogens is 1. The molecule has 0 bridgehead atoms. The Morgan fingerprint density at radius 1 is 1.29 bits per heavy atom. The Bertz CT molecular complexity index is 982. The minimum atomic E-state index is -0.200. The molecule has 1 amide bonds.